The van der Waals surface area contributed by atoms with Gasteiger partial charge in [0.05, 0.1) is 13.2 Å². The molecule has 0 aromatic heterocycles. The number of carboxylic acid groups (broad SMARTS) is 1. The SMILES string of the molecule is CCCCCCC/C=C\C/C=C\CCCC(CCCCCCCC(=O)NCC(=O)NC(CO)C(=O)O)OC(=O)CCCCCCCCCCCCCCC. The lowest BCUT2D eigenvalue weighted by Crippen LogP contribution is -2.47. The summed E-state index contributed by atoms with van der Waals surface area (Å²) >= 11 is 0. The van der Waals surface area contributed by atoms with Crippen molar-refractivity contribution in [2.24, 2.45) is 0 Å². The van der Waals surface area contributed by atoms with Crippen molar-refractivity contribution < 1.29 is 34.1 Å². The van der Waals surface area contributed by atoms with Crippen molar-refractivity contribution >= 4 is 23.8 Å². The van der Waals surface area contributed by atoms with Crippen LogP contribution < -0.4 is 10.6 Å². The molecule has 0 saturated heterocycles. The first-order valence-electron chi connectivity index (χ1n) is 22.2. The summed E-state index contributed by atoms with van der Waals surface area (Å²) in [7, 11) is 0. The highest BCUT2D eigenvalue weighted by Crippen LogP contribution is 2.18. The molecule has 0 radical (unpaired) electrons. The molecule has 2 amide bonds. The number of esters is 1. The Labute approximate surface area is 330 Å². The molecular formula is C45H82N2O7. The summed E-state index contributed by atoms with van der Waals surface area (Å²) in [5, 5.41) is 22.6. The van der Waals surface area contributed by atoms with E-state index in [2.05, 4.69) is 48.8 Å². The van der Waals surface area contributed by atoms with E-state index in [1.54, 1.807) is 0 Å². The van der Waals surface area contributed by atoms with Gasteiger partial charge in [-0.2, -0.15) is 0 Å². The molecule has 0 saturated carbocycles. The van der Waals surface area contributed by atoms with Crippen molar-refractivity contribution in [2.45, 2.75) is 225 Å². The van der Waals surface area contributed by atoms with Crippen LogP contribution in [0.5, 0.6) is 0 Å². The van der Waals surface area contributed by atoms with Crippen LogP contribution >= 0.6 is 0 Å². The first kappa shape index (κ1) is 51.3. The second kappa shape index (κ2) is 40.0. The molecule has 0 spiro atoms. The minimum absolute atomic E-state index is 0.0519. The normalized spacial score (nSPS) is 12.6. The van der Waals surface area contributed by atoms with Crippen molar-refractivity contribution in [1.82, 2.24) is 10.6 Å². The predicted octanol–water partition coefficient (Wildman–Crippen LogP) is 10.8. The Bertz CT molecular complexity index is 968. The molecule has 0 rings (SSSR count). The topological polar surface area (TPSA) is 142 Å². The molecule has 2 unspecified atom stereocenters. The molecular weight excluding hydrogens is 681 g/mol. The standard InChI is InChI=1S/C45H82N2O7/c1-3-5-7-9-11-13-15-17-19-21-23-26-30-34-40(54-44(51)37-33-29-24-22-20-18-16-14-12-10-8-6-4-2)35-31-27-25-28-32-36-42(49)46-38-43(50)47-41(39-48)45(52)53/h15,17,21,23,40-41,48H,3-14,16,18-20,22,24-39H2,1-2H3,(H,46,49)(H,47,50)(H,52,53)/b17-15-,23-21-. The highest BCUT2D eigenvalue weighted by atomic mass is 16.5. The summed E-state index contributed by atoms with van der Waals surface area (Å²) in [6, 6.07) is -1.38. The first-order chi connectivity index (χ1) is 26.3. The van der Waals surface area contributed by atoms with E-state index < -0.39 is 24.5 Å². The maximum absolute atomic E-state index is 12.8. The number of aliphatic carboxylic acids is 1. The second-order valence-corrected chi connectivity index (χ2v) is 15.1. The Morgan fingerprint density at radius 3 is 1.56 bits per heavy atom. The number of nitrogens with one attached hydrogen (secondary N) is 2. The highest BCUT2D eigenvalue weighted by molar-refractivity contribution is 5.87. The monoisotopic (exact) mass is 763 g/mol. The number of hydrogen-bond acceptors (Lipinski definition) is 6. The third kappa shape index (κ3) is 36.3. The van der Waals surface area contributed by atoms with Gasteiger partial charge in [-0.25, -0.2) is 4.79 Å². The fraction of sp³-hybridized carbons (Fsp3) is 0.822. The molecule has 0 aliphatic heterocycles. The number of ether oxygens (including phenoxy) is 1. The van der Waals surface area contributed by atoms with E-state index in [0.717, 1.165) is 70.6 Å². The lowest BCUT2D eigenvalue weighted by molar-refractivity contribution is -0.150. The van der Waals surface area contributed by atoms with Gasteiger partial charge in [-0.15, -0.1) is 0 Å². The first-order valence-corrected chi connectivity index (χ1v) is 22.2. The molecule has 9 heteroatoms. The number of carbonyl (C=O) groups is 4. The minimum Gasteiger partial charge on any atom is -0.480 e. The molecule has 0 aliphatic rings. The van der Waals surface area contributed by atoms with Gasteiger partial charge in [0, 0.05) is 12.8 Å². The largest absolute Gasteiger partial charge is 0.480 e. The Morgan fingerprint density at radius 2 is 1.02 bits per heavy atom. The van der Waals surface area contributed by atoms with Crippen molar-refractivity contribution in [2.75, 3.05) is 13.2 Å². The number of allylic oxidation sites excluding steroid dienone is 4. The minimum atomic E-state index is -1.38. The van der Waals surface area contributed by atoms with Crippen LogP contribution in [-0.2, 0) is 23.9 Å². The van der Waals surface area contributed by atoms with Crippen molar-refractivity contribution in [1.29, 1.82) is 0 Å². The van der Waals surface area contributed by atoms with Crippen molar-refractivity contribution in [3.05, 3.63) is 24.3 Å². The summed E-state index contributed by atoms with van der Waals surface area (Å²) < 4.78 is 6.01. The molecule has 4 N–H and O–H groups in total. The number of amides is 2. The van der Waals surface area contributed by atoms with Crippen LogP contribution in [0.4, 0.5) is 0 Å². The molecule has 9 nitrogen and oxygen atoms in total. The zero-order valence-electron chi connectivity index (χ0n) is 34.7. The summed E-state index contributed by atoms with van der Waals surface area (Å²) in [5.74, 6) is -2.31. The Morgan fingerprint density at radius 1 is 0.556 bits per heavy atom. The van der Waals surface area contributed by atoms with Crippen LogP contribution in [0.1, 0.15) is 213 Å². The molecule has 54 heavy (non-hydrogen) atoms. The van der Waals surface area contributed by atoms with E-state index in [4.69, 9.17) is 14.9 Å². The maximum Gasteiger partial charge on any atom is 0.328 e. The zero-order valence-corrected chi connectivity index (χ0v) is 34.7. The zero-order chi connectivity index (χ0) is 39.7. The summed E-state index contributed by atoms with van der Waals surface area (Å²) in [6.45, 7) is 3.47. The van der Waals surface area contributed by atoms with Gasteiger partial charge in [0.15, 0.2) is 0 Å². The van der Waals surface area contributed by atoms with Gasteiger partial charge in [0.25, 0.3) is 0 Å². The van der Waals surface area contributed by atoms with Gasteiger partial charge in [-0.1, -0.05) is 160 Å². The molecule has 0 bridgehead atoms. The molecule has 314 valence electrons. The van der Waals surface area contributed by atoms with E-state index in [-0.39, 0.29) is 30.9 Å². The summed E-state index contributed by atoms with van der Waals surface area (Å²) in [4.78, 5) is 47.6. The van der Waals surface area contributed by atoms with E-state index in [1.807, 2.05) is 0 Å². The molecule has 0 aromatic rings. The van der Waals surface area contributed by atoms with E-state index >= 15 is 0 Å². The Hall–Kier alpha value is -2.68. The lowest BCUT2D eigenvalue weighted by atomic mass is 10.0. The summed E-state index contributed by atoms with van der Waals surface area (Å²) in [6.07, 6.45) is 43.4. The number of aliphatic hydroxyl groups excluding tert-OH is 1. The average molecular weight is 763 g/mol. The van der Waals surface area contributed by atoms with E-state index in [1.165, 1.54) is 109 Å². The quantitative estimate of drug-likeness (QED) is 0.0276. The lowest BCUT2D eigenvalue weighted by Gasteiger charge is -2.18. The van der Waals surface area contributed by atoms with Gasteiger partial charge in [0.2, 0.25) is 11.8 Å². The predicted molar refractivity (Wildman–Crippen MR) is 222 cm³/mol. The Balaban J connectivity index is 4.37. The Kier molecular flexibility index (Phi) is 38.0. The van der Waals surface area contributed by atoms with Gasteiger partial charge in [0.1, 0.15) is 12.1 Å². The van der Waals surface area contributed by atoms with Crippen LogP contribution in [0.15, 0.2) is 24.3 Å². The number of carboxylic acids is 1. The summed E-state index contributed by atoms with van der Waals surface area (Å²) in [5.41, 5.74) is 0. The van der Waals surface area contributed by atoms with E-state index in [9.17, 15) is 19.2 Å². The smallest absolute Gasteiger partial charge is 0.328 e. The fourth-order valence-electron chi connectivity index (χ4n) is 6.52. The molecule has 0 heterocycles. The number of carbonyl (C=O) groups excluding carboxylic acids is 3. The van der Waals surface area contributed by atoms with Crippen LogP contribution in [0, 0.1) is 0 Å². The molecule has 0 aliphatic carbocycles. The number of unbranched alkanes of at least 4 members (excludes halogenated alkanes) is 22. The van der Waals surface area contributed by atoms with Crippen LogP contribution in [0.25, 0.3) is 0 Å². The number of aliphatic hydroxyl groups is 1. The van der Waals surface area contributed by atoms with E-state index in [0.29, 0.717) is 12.8 Å². The van der Waals surface area contributed by atoms with Crippen molar-refractivity contribution in [3.63, 3.8) is 0 Å². The molecule has 0 aromatic carbocycles. The van der Waals surface area contributed by atoms with Gasteiger partial charge in [-0.05, 0) is 64.2 Å². The van der Waals surface area contributed by atoms with Crippen molar-refractivity contribution in [3.8, 4) is 0 Å². The van der Waals surface area contributed by atoms with Gasteiger partial charge >= 0.3 is 11.9 Å². The van der Waals surface area contributed by atoms with Crippen LogP contribution in [0.3, 0.4) is 0 Å². The van der Waals surface area contributed by atoms with Gasteiger partial charge < -0.3 is 25.6 Å². The number of rotatable bonds is 40. The van der Waals surface area contributed by atoms with Crippen LogP contribution in [-0.4, -0.2) is 59.3 Å². The number of hydrogen-bond donors (Lipinski definition) is 4. The second-order valence-electron chi connectivity index (χ2n) is 15.1. The molecule has 2 atom stereocenters. The highest BCUT2D eigenvalue weighted by Gasteiger charge is 2.19. The third-order valence-corrected chi connectivity index (χ3v) is 9.95. The average Bonchev–Trinajstić information content (AvgIpc) is 3.15. The van der Waals surface area contributed by atoms with Crippen LogP contribution in [0.2, 0.25) is 0 Å². The molecule has 0 fully saturated rings. The maximum atomic E-state index is 12.8. The fourth-order valence-corrected chi connectivity index (χ4v) is 6.52. The third-order valence-electron chi connectivity index (χ3n) is 9.95. The van der Waals surface area contributed by atoms with Gasteiger partial charge in [-0.3, -0.25) is 14.4 Å².